The van der Waals surface area contributed by atoms with E-state index in [1.54, 1.807) is 13.3 Å². The van der Waals surface area contributed by atoms with E-state index in [1.807, 2.05) is 4.68 Å². The molecule has 0 bridgehead atoms. The van der Waals surface area contributed by atoms with Crippen LogP contribution in [0.1, 0.15) is 30.5 Å². The van der Waals surface area contributed by atoms with Gasteiger partial charge in [-0.3, -0.25) is 4.98 Å². The number of hydrogen-bond acceptors (Lipinski definition) is 6. The second-order valence-electron chi connectivity index (χ2n) is 4.61. The molecule has 0 saturated carbocycles. The van der Waals surface area contributed by atoms with Crippen LogP contribution in [0.15, 0.2) is 12.4 Å². The first-order chi connectivity index (χ1) is 9.76. The molecule has 0 spiro atoms. The van der Waals surface area contributed by atoms with E-state index >= 15 is 0 Å². The molecule has 1 unspecified atom stereocenters. The minimum atomic E-state index is 0.0645. The number of nitrogens with zero attached hydrogens (tertiary/aromatic N) is 5. The number of anilines is 1. The van der Waals surface area contributed by atoms with Gasteiger partial charge in [-0.1, -0.05) is 11.6 Å². The number of nitrogens with one attached hydrogen (secondary N) is 1. The molecule has 8 heteroatoms. The van der Waals surface area contributed by atoms with E-state index in [1.165, 1.54) is 6.20 Å². The van der Waals surface area contributed by atoms with E-state index in [0.29, 0.717) is 23.4 Å². The van der Waals surface area contributed by atoms with Crippen LogP contribution in [0.2, 0.25) is 5.15 Å². The van der Waals surface area contributed by atoms with Crippen LogP contribution in [0.3, 0.4) is 0 Å². The third-order valence-electron chi connectivity index (χ3n) is 3.12. The van der Waals surface area contributed by atoms with Crippen molar-refractivity contribution in [3.05, 3.63) is 29.2 Å². The molecule has 1 aliphatic heterocycles. The van der Waals surface area contributed by atoms with Crippen molar-refractivity contribution in [1.82, 2.24) is 24.7 Å². The average Bonchev–Trinajstić information content (AvgIpc) is 2.83. The minimum Gasteiger partial charge on any atom is -0.377 e. The van der Waals surface area contributed by atoms with Crippen LogP contribution in [0.4, 0.5) is 5.82 Å². The van der Waals surface area contributed by atoms with E-state index in [-0.39, 0.29) is 6.04 Å². The van der Waals surface area contributed by atoms with Gasteiger partial charge in [-0.25, -0.2) is 14.6 Å². The second-order valence-corrected chi connectivity index (χ2v) is 5.00. The summed E-state index contributed by atoms with van der Waals surface area (Å²) in [6, 6.07) is 0.0645. The van der Waals surface area contributed by atoms with E-state index in [4.69, 9.17) is 16.3 Å². The fourth-order valence-corrected chi connectivity index (χ4v) is 2.46. The van der Waals surface area contributed by atoms with E-state index in [9.17, 15) is 0 Å². The molecular weight excluding hydrogens is 280 g/mol. The highest BCUT2D eigenvalue weighted by atomic mass is 35.5. The summed E-state index contributed by atoms with van der Waals surface area (Å²) in [6.07, 6.45) is 5.16. The van der Waals surface area contributed by atoms with E-state index in [0.717, 1.165) is 25.2 Å². The second kappa shape index (κ2) is 5.72. The summed E-state index contributed by atoms with van der Waals surface area (Å²) in [6.45, 7) is 1.30. The van der Waals surface area contributed by atoms with Crippen LogP contribution < -0.4 is 5.32 Å². The first-order valence-electron chi connectivity index (χ1n) is 6.43. The van der Waals surface area contributed by atoms with Crippen molar-refractivity contribution >= 4 is 17.4 Å². The zero-order valence-electron chi connectivity index (χ0n) is 11.1. The Kier molecular flexibility index (Phi) is 3.79. The van der Waals surface area contributed by atoms with Gasteiger partial charge in [-0.15, -0.1) is 0 Å². The Balaban J connectivity index is 1.82. The SMILES string of the molecule is COCc1nc2n(n1)CCCC2Nc1cncc(Cl)n1. The molecule has 0 saturated heterocycles. The molecule has 0 fully saturated rings. The molecule has 0 amide bonds. The highest BCUT2D eigenvalue weighted by Crippen LogP contribution is 2.26. The molecule has 0 aromatic carbocycles. The fraction of sp³-hybridized carbons (Fsp3) is 0.500. The van der Waals surface area contributed by atoms with Gasteiger partial charge in [0, 0.05) is 13.7 Å². The standard InChI is InChI=1S/C12H15ClN6O/c1-20-7-11-17-12-8(3-2-4-19(12)18-11)15-10-6-14-5-9(13)16-10/h5-6,8H,2-4,7H2,1H3,(H,15,16). The van der Waals surface area contributed by atoms with Crippen LogP contribution >= 0.6 is 11.6 Å². The Morgan fingerprint density at radius 2 is 2.35 bits per heavy atom. The van der Waals surface area contributed by atoms with Crippen LogP contribution in [0.5, 0.6) is 0 Å². The van der Waals surface area contributed by atoms with Gasteiger partial charge in [0.25, 0.3) is 0 Å². The van der Waals surface area contributed by atoms with Crippen LogP contribution in [0, 0.1) is 0 Å². The number of halogens is 1. The van der Waals surface area contributed by atoms with Gasteiger partial charge >= 0.3 is 0 Å². The van der Waals surface area contributed by atoms with Gasteiger partial charge in [0.2, 0.25) is 0 Å². The highest BCUT2D eigenvalue weighted by Gasteiger charge is 2.24. The first-order valence-corrected chi connectivity index (χ1v) is 6.80. The Bertz CT molecular complexity index is 601. The Hall–Kier alpha value is -1.73. The van der Waals surface area contributed by atoms with Crippen LogP contribution in [-0.4, -0.2) is 31.8 Å². The summed E-state index contributed by atoms with van der Waals surface area (Å²) in [5.41, 5.74) is 0. The molecule has 7 nitrogen and oxygen atoms in total. The Morgan fingerprint density at radius 1 is 1.45 bits per heavy atom. The summed E-state index contributed by atoms with van der Waals surface area (Å²) in [7, 11) is 1.64. The summed E-state index contributed by atoms with van der Waals surface area (Å²) in [5, 5.41) is 8.11. The maximum atomic E-state index is 5.84. The largest absolute Gasteiger partial charge is 0.377 e. The van der Waals surface area contributed by atoms with Crippen LogP contribution in [-0.2, 0) is 17.9 Å². The number of aryl methyl sites for hydroxylation is 1. The maximum Gasteiger partial charge on any atom is 0.176 e. The van der Waals surface area contributed by atoms with E-state index in [2.05, 4.69) is 25.4 Å². The van der Waals surface area contributed by atoms with Crippen molar-refractivity contribution in [1.29, 1.82) is 0 Å². The zero-order valence-corrected chi connectivity index (χ0v) is 11.8. The van der Waals surface area contributed by atoms with Gasteiger partial charge in [0.05, 0.1) is 18.4 Å². The Labute approximate surface area is 121 Å². The fourth-order valence-electron chi connectivity index (χ4n) is 2.32. The predicted octanol–water partition coefficient (Wildman–Crippen LogP) is 1.81. The Morgan fingerprint density at radius 3 is 3.15 bits per heavy atom. The lowest BCUT2D eigenvalue weighted by molar-refractivity contribution is 0.177. The number of rotatable bonds is 4. The molecule has 106 valence electrons. The van der Waals surface area contributed by atoms with Crippen molar-refractivity contribution in [3.8, 4) is 0 Å². The molecule has 0 radical (unpaired) electrons. The van der Waals surface area contributed by atoms with Crippen molar-refractivity contribution < 1.29 is 4.74 Å². The smallest absolute Gasteiger partial charge is 0.176 e. The molecule has 0 aliphatic carbocycles. The number of ether oxygens (including phenoxy) is 1. The molecule has 2 aromatic rings. The van der Waals surface area contributed by atoms with Crippen molar-refractivity contribution in [2.45, 2.75) is 32.0 Å². The first kappa shape index (κ1) is 13.3. The van der Waals surface area contributed by atoms with E-state index < -0.39 is 0 Å². The summed E-state index contributed by atoms with van der Waals surface area (Å²) < 4.78 is 7.00. The molecule has 3 heterocycles. The normalized spacial score (nSPS) is 17.8. The lowest BCUT2D eigenvalue weighted by Gasteiger charge is -2.23. The number of fused-ring (bicyclic) bond motifs is 1. The highest BCUT2D eigenvalue weighted by molar-refractivity contribution is 6.29. The molecule has 3 rings (SSSR count). The van der Waals surface area contributed by atoms with Crippen molar-refractivity contribution in [2.75, 3.05) is 12.4 Å². The lowest BCUT2D eigenvalue weighted by atomic mass is 10.1. The van der Waals surface area contributed by atoms with Gasteiger partial charge in [-0.05, 0) is 12.8 Å². The molecular formula is C12H15ClN6O. The van der Waals surface area contributed by atoms with Crippen molar-refractivity contribution in [2.24, 2.45) is 0 Å². The average molecular weight is 295 g/mol. The molecule has 1 aliphatic rings. The third-order valence-corrected chi connectivity index (χ3v) is 3.30. The van der Waals surface area contributed by atoms with Crippen LogP contribution in [0.25, 0.3) is 0 Å². The summed E-state index contributed by atoms with van der Waals surface area (Å²) >= 11 is 5.84. The molecule has 2 aromatic heterocycles. The van der Waals surface area contributed by atoms with Crippen molar-refractivity contribution in [3.63, 3.8) is 0 Å². The van der Waals surface area contributed by atoms with Gasteiger partial charge < -0.3 is 10.1 Å². The monoisotopic (exact) mass is 294 g/mol. The number of aromatic nitrogens is 5. The van der Waals surface area contributed by atoms with Gasteiger partial charge in [-0.2, -0.15) is 5.10 Å². The summed E-state index contributed by atoms with van der Waals surface area (Å²) in [5.74, 6) is 2.26. The van der Waals surface area contributed by atoms with Gasteiger partial charge in [0.1, 0.15) is 23.4 Å². The number of hydrogen-bond donors (Lipinski definition) is 1. The third kappa shape index (κ3) is 2.73. The number of methoxy groups -OCH3 is 1. The molecule has 1 N–H and O–H groups in total. The minimum absolute atomic E-state index is 0.0645. The van der Waals surface area contributed by atoms with Gasteiger partial charge in [0.15, 0.2) is 5.82 Å². The zero-order chi connectivity index (χ0) is 13.9. The molecule has 1 atom stereocenters. The molecule has 20 heavy (non-hydrogen) atoms. The summed E-state index contributed by atoms with van der Waals surface area (Å²) in [4.78, 5) is 12.7. The maximum absolute atomic E-state index is 5.84. The quantitative estimate of drug-likeness (QED) is 0.927. The lowest BCUT2D eigenvalue weighted by Crippen LogP contribution is -2.23. The topological polar surface area (TPSA) is 77.8 Å². The predicted molar refractivity (Wildman–Crippen MR) is 73.4 cm³/mol.